The summed E-state index contributed by atoms with van der Waals surface area (Å²) >= 11 is 0. The predicted molar refractivity (Wildman–Crippen MR) is 103 cm³/mol. The first-order valence-corrected chi connectivity index (χ1v) is 9.97. The summed E-state index contributed by atoms with van der Waals surface area (Å²) in [4.78, 5) is 10.4. The largest absolute Gasteiger partial charge is 0.497 e. The van der Waals surface area contributed by atoms with E-state index in [0.717, 1.165) is 11.3 Å². The number of hydrogen-bond donors (Lipinski definition) is 0. The molecule has 0 radical (unpaired) electrons. The van der Waals surface area contributed by atoms with Crippen LogP contribution in [0.1, 0.15) is 11.3 Å². The Morgan fingerprint density at radius 3 is 2.43 bits per heavy atom. The third-order valence-corrected chi connectivity index (χ3v) is 5.69. The molecule has 3 aromatic rings. The number of rotatable bonds is 4. The molecule has 0 amide bonds. The van der Waals surface area contributed by atoms with Crippen LogP contribution in [0.3, 0.4) is 0 Å². The second-order valence-corrected chi connectivity index (χ2v) is 8.61. The van der Waals surface area contributed by atoms with E-state index >= 15 is 0 Å². The average Bonchev–Trinajstić information content (AvgIpc) is 2.60. The average molecular weight is 409 g/mol. The molecule has 0 bridgehead atoms. The van der Waals surface area contributed by atoms with Crippen molar-refractivity contribution < 1.29 is 21.6 Å². The summed E-state index contributed by atoms with van der Waals surface area (Å²) in [5, 5.41) is 0.278. The van der Waals surface area contributed by atoms with Crippen LogP contribution in [0.15, 0.2) is 42.6 Å². The van der Waals surface area contributed by atoms with E-state index in [4.69, 9.17) is 0 Å². The summed E-state index contributed by atoms with van der Waals surface area (Å²) in [6.07, 6.45) is 1.49. The number of benzene rings is 1. The van der Waals surface area contributed by atoms with Crippen molar-refractivity contribution in [1.82, 2.24) is 9.97 Å². The minimum Gasteiger partial charge on any atom is -0.377 e. The molecule has 28 heavy (non-hydrogen) atoms. The molecule has 3 rings (SSSR count). The van der Waals surface area contributed by atoms with Gasteiger partial charge in [-0.3, -0.25) is 9.97 Å². The van der Waals surface area contributed by atoms with E-state index in [9.17, 15) is 21.6 Å². The Balaban J connectivity index is 2.17. The fourth-order valence-corrected chi connectivity index (χ4v) is 3.72. The summed E-state index contributed by atoms with van der Waals surface area (Å²) in [7, 11) is -1.56. The molecule has 5 nitrogen and oxygen atoms in total. The molecular formula is C19H18F3N3O2S. The van der Waals surface area contributed by atoms with Crippen molar-refractivity contribution in [1.29, 1.82) is 0 Å². The van der Waals surface area contributed by atoms with Gasteiger partial charge in [-0.15, -0.1) is 0 Å². The Bertz CT molecular complexity index is 1140. The SMILES string of the molecule is Cc1cc(-c2cc3ncccc3c(CS(=O)(=O)C(F)(F)F)n2)ccc1N(C)C. The van der Waals surface area contributed by atoms with Crippen LogP contribution in [0.4, 0.5) is 18.9 Å². The first kappa shape index (κ1) is 20.1. The molecule has 0 aliphatic carbocycles. The van der Waals surface area contributed by atoms with Crippen LogP contribution in [-0.4, -0.2) is 38.0 Å². The fraction of sp³-hybridized carbons (Fsp3) is 0.263. The Kier molecular flexibility index (Phi) is 5.05. The lowest BCUT2D eigenvalue weighted by molar-refractivity contribution is -0.0437. The van der Waals surface area contributed by atoms with Crippen LogP contribution in [0, 0.1) is 6.92 Å². The van der Waals surface area contributed by atoms with Crippen molar-refractivity contribution in [2.75, 3.05) is 19.0 Å². The van der Waals surface area contributed by atoms with Crippen LogP contribution < -0.4 is 4.90 Å². The highest BCUT2D eigenvalue weighted by atomic mass is 32.2. The third-order valence-electron chi connectivity index (χ3n) is 4.33. The molecule has 0 atom stereocenters. The zero-order valence-electron chi connectivity index (χ0n) is 15.4. The summed E-state index contributed by atoms with van der Waals surface area (Å²) < 4.78 is 62.0. The lowest BCUT2D eigenvalue weighted by atomic mass is 10.0. The molecule has 0 unspecified atom stereocenters. The number of nitrogens with zero attached hydrogens (tertiary/aromatic N) is 3. The molecule has 0 saturated carbocycles. The molecule has 1 aromatic carbocycles. The molecular weight excluding hydrogens is 391 g/mol. The van der Waals surface area contributed by atoms with Crippen molar-refractivity contribution in [2.24, 2.45) is 0 Å². The van der Waals surface area contributed by atoms with E-state index in [2.05, 4.69) is 9.97 Å². The van der Waals surface area contributed by atoms with Gasteiger partial charge < -0.3 is 4.90 Å². The lowest BCUT2D eigenvalue weighted by Gasteiger charge is -2.17. The number of alkyl halides is 3. The van der Waals surface area contributed by atoms with Gasteiger partial charge in [0.2, 0.25) is 0 Å². The van der Waals surface area contributed by atoms with Crippen LogP contribution in [-0.2, 0) is 15.6 Å². The molecule has 0 aliphatic rings. The Labute approximate surface area is 160 Å². The Morgan fingerprint density at radius 1 is 1.11 bits per heavy atom. The molecule has 9 heteroatoms. The maximum Gasteiger partial charge on any atom is 0.497 e. The van der Waals surface area contributed by atoms with Crippen LogP contribution in [0.25, 0.3) is 22.2 Å². The van der Waals surface area contributed by atoms with Gasteiger partial charge >= 0.3 is 5.51 Å². The van der Waals surface area contributed by atoms with Gasteiger partial charge in [0.15, 0.2) is 0 Å². The number of halogens is 3. The number of aryl methyl sites for hydroxylation is 1. The van der Waals surface area contributed by atoms with Crippen LogP contribution >= 0.6 is 0 Å². The van der Waals surface area contributed by atoms with Gasteiger partial charge in [-0.2, -0.15) is 13.2 Å². The summed E-state index contributed by atoms with van der Waals surface area (Å²) in [5.74, 6) is -1.23. The number of hydrogen-bond acceptors (Lipinski definition) is 5. The Hall–Kier alpha value is -2.68. The van der Waals surface area contributed by atoms with E-state index in [1.165, 1.54) is 18.3 Å². The van der Waals surface area contributed by atoms with Gasteiger partial charge in [0, 0.05) is 36.9 Å². The van der Waals surface area contributed by atoms with Gasteiger partial charge in [0.25, 0.3) is 9.84 Å². The monoisotopic (exact) mass is 409 g/mol. The minimum absolute atomic E-state index is 0.174. The molecule has 0 aliphatic heterocycles. The number of aromatic nitrogens is 2. The van der Waals surface area contributed by atoms with E-state index in [1.807, 2.05) is 38.1 Å². The summed E-state index contributed by atoms with van der Waals surface area (Å²) in [6, 6.07) is 10.2. The molecule has 0 fully saturated rings. The first-order valence-electron chi connectivity index (χ1n) is 8.31. The van der Waals surface area contributed by atoms with Gasteiger partial charge in [-0.1, -0.05) is 6.07 Å². The van der Waals surface area contributed by atoms with Crippen LogP contribution in [0.2, 0.25) is 0 Å². The third kappa shape index (κ3) is 3.80. The number of anilines is 1. The molecule has 0 spiro atoms. The zero-order valence-corrected chi connectivity index (χ0v) is 16.3. The molecule has 2 heterocycles. The zero-order chi connectivity index (χ0) is 20.7. The van der Waals surface area contributed by atoms with Crippen LogP contribution in [0.5, 0.6) is 0 Å². The lowest BCUT2D eigenvalue weighted by Crippen LogP contribution is -2.25. The molecule has 0 N–H and O–H groups in total. The maximum absolute atomic E-state index is 12.9. The van der Waals surface area contributed by atoms with E-state index in [-0.39, 0.29) is 11.1 Å². The highest BCUT2D eigenvalue weighted by Crippen LogP contribution is 2.31. The summed E-state index contributed by atoms with van der Waals surface area (Å²) in [5.41, 5.74) is -2.16. The van der Waals surface area contributed by atoms with Crippen molar-refractivity contribution in [3.05, 3.63) is 53.9 Å². The highest BCUT2D eigenvalue weighted by Gasteiger charge is 2.45. The second-order valence-electron chi connectivity index (χ2n) is 6.62. The van der Waals surface area contributed by atoms with E-state index in [0.29, 0.717) is 16.8 Å². The van der Waals surface area contributed by atoms with E-state index < -0.39 is 21.1 Å². The van der Waals surface area contributed by atoms with Crippen molar-refractivity contribution in [3.63, 3.8) is 0 Å². The van der Waals surface area contributed by atoms with Crippen molar-refractivity contribution in [2.45, 2.75) is 18.2 Å². The smallest absolute Gasteiger partial charge is 0.377 e. The van der Waals surface area contributed by atoms with Crippen molar-refractivity contribution >= 4 is 26.4 Å². The fourth-order valence-electron chi connectivity index (χ4n) is 2.98. The molecule has 148 valence electrons. The normalized spacial score (nSPS) is 12.4. The number of sulfone groups is 1. The predicted octanol–water partition coefficient (Wildman–Crippen LogP) is 4.11. The summed E-state index contributed by atoms with van der Waals surface area (Å²) in [6.45, 7) is 1.91. The Morgan fingerprint density at radius 2 is 1.82 bits per heavy atom. The quantitative estimate of drug-likeness (QED) is 0.649. The second kappa shape index (κ2) is 7.05. The van der Waals surface area contributed by atoms with Gasteiger partial charge in [-0.05, 0) is 42.8 Å². The van der Waals surface area contributed by atoms with Gasteiger partial charge in [-0.25, -0.2) is 8.42 Å². The molecule has 2 aromatic heterocycles. The van der Waals surface area contributed by atoms with Gasteiger partial charge in [0.1, 0.15) is 5.75 Å². The topological polar surface area (TPSA) is 63.2 Å². The first-order chi connectivity index (χ1) is 13.0. The molecule has 0 saturated heterocycles. The standard InChI is InChI=1S/C19H18F3N3O2S/c1-12-9-13(6-7-18(12)25(2)3)15-10-16-14(5-4-8-23-16)17(24-15)11-28(26,27)19(20,21)22/h4-10H,11H2,1-3H3. The minimum atomic E-state index is -5.36. The number of fused-ring (bicyclic) bond motifs is 1. The van der Waals surface area contributed by atoms with Gasteiger partial charge in [0.05, 0.1) is 16.9 Å². The highest BCUT2D eigenvalue weighted by molar-refractivity contribution is 7.91. The van der Waals surface area contributed by atoms with E-state index in [1.54, 1.807) is 12.1 Å². The number of pyridine rings is 2. The van der Waals surface area contributed by atoms with Crippen molar-refractivity contribution in [3.8, 4) is 11.3 Å². The maximum atomic E-state index is 12.9.